The summed E-state index contributed by atoms with van der Waals surface area (Å²) in [6, 6.07) is -1.92. The normalized spacial score (nSPS) is 24.9. The van der Waals surface area contributed by atoms with Gasteiger partial charge in [0.25, 0.3) is 0 Å². The number of urea groups is 1. The number of primary amides is 1. The second kappa shape index (κ2) is 6.23. The highest BCUT2D eigenvalue weighted by molar-refractivity contribution is 5.86. The van der Waals surface area contributed by atoms with Gasteiger partial charge in [-0.3, -0.25) is 9.59 Å². The van der Waals surface area contributed by atoms with Crippen LogP contribution < -0.4 is 16.4 Å². The maximum atomic E-state index is 11.7. The number of carbonyl (C=O) groups is 3. The molecule has 0 bridgehead atoms. The lowest BCUT2D eigenvalue weighted by Crippen LogP contribution is -2.52. The van der Waals surface area contributed by atoms with E-state index in [0.717, 1.165) is 12.8 Å². The lowest BCUT2D eigenvalue weighted by atomic mass is 9.84. The van der Waals surface area contributed by atoms with Gasteiger partial charge >= 0.3 is 12.0 Å². The summed E-state index contributed by atoms with van der Waals surface area (Å²) in [4.78, 5) is 33.4. The minimum absolute atomic E-state index is 0.374. The van der Waals surface area contributed by atoms with Crippen molar-refractivity contribution in [3.05, 3.63) is 0 Å². The van der Waals surface area contributed by atoms with Crippen molar-refractivity contribution in [1.29, 1.82) is 0 Å². The molecule has 0 aromatic carbocycles. The summed E-state index contributed by atoms with van der Waals surface area (Å²) in [5.41, 5.74) is 4.92. The van der Waals surface area contributed by atoms with Gasteiger partial charge in [0.1, 0.15) is 6.04 Å². The highest BCUT2D eigenvalue weighted by Gasteiger charge is 2.32. The van der Waals surface area contributed by atoms with Crippen molar-refractivity contribution in [3.63, 3.8) is 0 Å². The second-order valence-electron chi connectivity index (χ2n) is 4.57. The highest BCUT2D eigenvalue weighted by Crippen LogP contribution is 2.24. The molecule has 7 heteroatoms. The molecule has 0 heterocycles. The molecule has 18 heavy (non-hydrogen) atoms. The van der Waals surface area contributed by atoms with Crippen LogP contribution in [0.4, 0.5) is 4.79 Å². The molecule has 3 unspecified atom stereocenters. The van der Waals surface area contributed by atoms with Crippen LogP contribution in [0.3, 0.4) is 0 Å². The number of aliphatic carboxylic acids is 1. The van der Waals surface area contributed by atoms with E-state index in [9.17, 15) is 14.4 Å². The third kappa shape index (κ3) is 3.90. The molecule has 7 nitrogen and oxygen atoms in total. The fourth-order valence-corrected chi connectivity index (χ4v) is 2.19. The summed E-state index contributed by atoms with van der Waals surface area (Å²) in [6.07, 6.45) is 2.97. The van der Waals surface area contributed by atoms with Crippen LogP contribution >= 0.6 is 0 Å². The van der Waals surface area contributed by atoms with Gasteiger partial charge in [0.05, 0.1) is 5.92 Å². The number of nitrogens with one attached hydrogen (secondary N) is 2. The fourth-order valence-electron chi connectivity index (χ4n) is 2.19. The predicted molar refractivity (Wildman–Crippen MR) is 63.7 cm³/mol. The molecule has 3 amide bonds. The molecule has 1 fully saturated rings. The molecule has 0 saturated heterocycles. The Kier molecular flexibility index (Phi) is 4.94. The number of amides is 3. The summed E-state index contributed by atoms with van der Waals surface area (Å²) in [7, 11) is 0. The van der Waals surface area contributed by atoms with Gasteiger partial charge in [-0.25, -0.2) is 4.79 Å². The molecule has 1 rings (SSSR count). The molecule has 0 aliphatic heterocycles. The van der Waals surface area contributed by atoms with Gasteiger partial charge in [0.2, 0.25) is 5.91 Å². The number of carbonyl (C=O) groups excluding carboxylic acids is 2. The maximum Gasteiger partial charge on any atom is 0.312 e. The zero-order chi connectivity index (χ0) is 13.7. The number of carboxylic acids is 1. The van der Waals surface area contributed by atoms with Crippen molar-refractivity contribution in [1.82, 2.24) is 10.6 Å². The zero-order valence-electron chi connectivity index (χ0n) is 10.3. The first-order valence-electron chi connectivity index (χ1n) is 6.01. The van der Waals surface area contributed by atoms with E-state index in [2.05, 4.69) is 10.6 Å². The summed E-state index contributed by atoms with van der Waals surface area (Å²) >= 11 is 0. The molecule has 1 aliphatic carbocycles. The number of rotatable bonds is 4. The number of carboxylic acid groups (broad SMARTS) is 1. The molecular weight excluding hydrogens is 238 g/mol. The van der Waals surface area contributed by atoms with Crippen molar-refractivity contribution in [2.75, 3.05) is 0 Å². The van der Waals surface area contributed by atoms with Crippen LogP contribution in [0.2, 0.25) is 0 Å². The van der Waals surface area contributed by atoms with Crippen LogP contribution in [0, 0.1) is 5.92 Å². The van der Waals surface area contributed by atoms with Crippen molar-refractivity contribution in [2.45, 2.75) is 44.7 Å². The van der Waals surface area contributed by atoms with E-state index in [1.165, 1.54) is 6.92 Å². The largest absolute Gasteiger partial charge is 0.481 e. The van der Waals surface area contributed by atoms with Gasteiger partial charge < -0.3 is 21.5 Å². The molecule has 1 aliphatic rings. The van der Waals surface area contributed by atoms with Crippen molar-refractivity contribution in [2.24, 2.45) is 11.7 Å². The van der Waals surface area contributed by atoms with Crippen LogP contribution in [0.1, 0.15) is 32.6 Å². The molecule has 3 atom stereocenters. The monoisotopic (exact) mass is 257 g/mol. The minimum atomic E-state index is -0.893. The summed E-state index contributed by atoms with van der Waals surface area (Å²) in [6.45, 7) is 1.50. The maximum absolute atomic E-state index is 11.7. The Hall–Kier alpha value is -1.79. The van der Waals surface area contributed by atoms with E-state index < -0.39 is 29.9 Å². The van der Waals surface area contributed by atoms with E-state index in [0.29, 0.717) is 12.8 Å². The second-order valence-corrected chi connectivity index (χ2v) is 4.57. The van der Waals surface area contributed by atoms with E-state index >= 15 is 0 Å². The van der Waals surface area contributed by atoms with E-state index in [1.54, 1.807) is 0 Å². The van der Waals surface area contributed by atoms with E-state index in [-0.39, 0.29) is 6.04 Å². The van der Waals surface area contributed by atoms with Gasteiger partial charge in [-0.15, -0.1) is 0 Å². The third-order valence-electron chi connectivity index (χ3n) is 3.16. The van der Waals surface area contributed by atoms with Gasteiger partial charge in [-0.1, -0.05) is 12.8 Å². The van der Waals surface area contributed by atoms with Crippen LogP contribution in [0.15, 0.2) is 0 Å². The summed E-state index contributed by atoms with van der Waals surface area (Å²) in [5, 5.41) is 14.0. The molecule has 0 spiro atoms. The number of hydrogen-bond acceptors (Lipinski definition) is 3. The topological polar surface area (TPSA) is 122 Å². The summed E-state index contributed by atoms with van der Waals surface area (Å²) < 4.78 is 0. The van der Waals surface area contributed by atoms with E-state index in [1.807, 2.05) is 0 Å². The van der Waals surface area contributed by atoms with Crippen molar-refractivity contribution < 1.29 is 19.5 Å². The molecule has 0 aromatic rings. The van der Waals surface area contributed by atoms with Crippen LogP contribution in [-0.4, -0.2) is 35.1 Å². The Morgan fingerprint density at radius 3 is 2.44 bits per heavy atom. The SMILES string of the molecule is CC(NC(N)=O)C(=O)NC1CCCCC1C(=O)O. The summed E-state index contributed by atoms with van der Waals surface area (Å²) in [5.74, 6) is -1.86. The molecular formula is C11H19N3O4. The van der Waals surface area contributed by atoms with Crippen LogP contribution in [0.25, 0.3) is 0 Å². The third-order valence-corrected chi connectivity index (χ3v) is 3.16. The molecule has 102 valence electrons. The first kappa shape index (κ1) is 14.3. The number of nitrogens with two attached hydrogens (primary N) is 1. The Morgan fingerprint density at radius 1 is 1.28 bits per heavy atom. The number of hydrogen-bond donors (Lipinski definition) is 4. The van der Waals surface area contributed by atoms with Gasteiger partial charge in [0.15, 0.2) is 0 Å². The average molecular weight is 257 g/mol. The first-order chi connectivity index (χ1) is 8.41. The Bertz CT molecular complexity index is 345. The Balaban J connectivity index is 2.55. The Morgan fingerprint density at radius 2 is 1.89 bits per heavy atom. The average Bonchev–Trinajstić information content (AvgIpc) is 2.28. The minimum Gasteiger partial charge on any atom is -0.481 e. The van der Waals surface area contributed by atoms with Crippen molar-refractivity contribution >= 4 is 17.9 Å². The predicted octanol–water partition coefficient (Wildman–Crippen LogP) is -0.197. The van der Waals surface area contributed by atoms with E-state index in [4.69, 9.17) is 10.8 Å². The van der Waals surface area contributed by atoms with Gasteiger partial charge in [-0.05, 0) is 19.8 Å². The lowest BCUT2D eigenvalue weighted by molar-refractivity contribution is -0.144. The lowest BCUT2D eigenvalue weighted by Gasteiger charge is -2.30. The smallest absolute Gasteiger partial charge is 0.312 e. The van der Waals surface area contributed by atoms with Gasteiger partial charge in [0, 0.05) is 6.04 Å². The van der Waals surface area contributed by atoms with Crippen LogP contribution in [-0.2, 0) is 9.59 Å². The van der Waals surface area contributed by atoms with Crippen LogP contribution in [0.5, 0.6) is 0 Å². The van der Waals surface area contributed by atoms with Gasteiger partial charge in [-0.2, -0.15) is 0 Å². The molecule has 0 aromatic heterocycles. The first-order valence-corrected chi connectivity index (χ1v) is 6.01. The quantitative estimate of drug-likeness (QED) is 0.557. The standard InChI is InChI=1S/C11H19N3O4/c1-6(13-11(12)18)9(15)14-8-5-3-2-4-7(8)10(16)17/h6-8H,2-5H2,1H3,(H,14,15)(H,16,17)(H3,12,13,18). The fraction of sp³-hybridized carbons (Fsp3) is 0.727. The van der Waals surface area contributed by atoms with Crippen molar-refractivity contribution in [3.8, 4) is 0 Å². The highest BCUT2D eigenvalue weighted by atomic mass is 16.4. The molecule has 1 saturated carbocycles. The molecule has 5 N–H and O–H groups in total. The Labute approximate surface area is 105 Å². The molecule has 0 radical (unpaired) electrons. The zero-order valence-corrected chi connectivity index (χ0v) is 10.3.